The van der Waals surface area contributed by atoms with E-state index < -0.39 is 0 Å². The highest BCUT2D eigenvalue weighted by molar-refractivity contribution is 5.75. The first-order chi connectivity index (χ1) is 15.0. The zero-order valence-corrected chi connectivity index (χ0v) is 18.0. The van der Waals surface area contributed by atoms with Crippen LogP contribution in [0.3, 0.4) is 0 Å². The Bertz CT molecular complexity index is 978. The molecule has 1 saturated carbocycles. The fourth-order valence-electron chi connectivity index (χ4n) is 4.83. The summed E-state index contributed by atoms with van der Waals surface area (Å²) in [7, 11) is 1.79. The molecule has 4 rings (SSSR count). The van der Waals surface area contributed by atoms with Crippen molar-refractivity contribution in [3.05, 3.63) is 46.5 Å². The first-order valence-corrected chi connectivity index (χ1v) is 10.6. The minimum Gasteiger partial charge on any atom is -0.483 e. The first-order valence-electron chi connectivity index (χ1n) is 10.6. The number of carboxylic acid groups (broad SMARTS) is 1. The van der Waals surface area contributed by atoms with Gasteiger partial charge in [0.1, 0.15) is 5.65 Å². The van der Waals surface area contributed by atoms with E-state index in [1.807, 2.05) is 25.1 Å². The fourth-order valence-corrected chi connectivity index (χ4v) is 4.83. The van der Waals surface area contributed by atoms with Crippen molar-refractivity contribution < 1.29 is 19.4 Å². The second-order valence-corrected chi connectivity index (χ2v) is 8.02. The summed E-state index contributed by atoms with van der Waals surface area (Å²) in [6.07, 6.45) is 5.96. The van der Waals surface area contributed by atoms with Crippen LogP contribution in [0.25, 0.3) is 5.65 Å². The highest BCUT2D eigenvalue weighted by Gasteiger charge is 2.51. The Hall–Kier alpha value is -2.78. The number of rotatable bonds is 5. The molecular weight excluding hydrogens is 400 g/mol. The number of nitrogens with one attached hydrogen (secondary N) is 1. The normalized spacial score (nSPS) is 25.4. The molecular formula is C22H30N4O5. The lowest BCUT2D eigenvalue weighted by molar-refractivity contribution is -0.123. The van der Waals surface area contributed by atoms with Gasteiger partial charge in [-0.1, -0.05) is 13.0 Å². The van der Waals surface area contributed by atoms with E-state index in [4.69, 9.17) is 14.6 Å². The molecule has 9 nitrogen and oxygen atoms in total. The predicted molar refractivity (Wildman–Crippen MR) is 115 cm³/mol. The zero-order valence-electron chi connectivity index (χ0n) is 18.0. The van der Waals surface area contributed by atoms with E-state index in [0.29, 0.717) is 18.6 Å². The summed E-state index contributed by atoms with van der Waals surface area (Å²) in [6.45, 7) is 3.15. The number of carbonyl (C=O) groups excluding carboxylic acids is 1. The lowest BCUT2D eigenvalue weighted by Gasteiger charge is -2.44. The van der Waals surface area contributed by atoms with Gasteiger partial charge in [0.2, 0.25) is 5.91 Å². The zero-order chi connectivity index (χ0) is 22.4. The number of fused-ring (bicyclic) bond motifs is 2. The topological polar surface area (TPSA) is 113 Å². The smallest absolute Gasteiger partial charge is 0.290 e. The van der Waals surface area contributed by atoms with Gasteiger partial charge in [0.15, 0.2) is 0 Å². The quantitative estimate of drug-likeness (QED) is 0.690. The number of ether oxygens (including phenoxy) is 1. The second kappa shape index (κ2) is 10.0. The Labute approximate surface area is 181 Å². The van der Waals surface area contributed by atoms with Crippen molar-refractivity contribution in [2.75, 3.05) is 13.7 Å². The Balaban J connectivity index is 0.000000858. The Kier molecular flexibility index (Phi) is 7.40. The largest absolute Gasteiger partial charge is 0.483 e. The van der Waals surface area contributed by atoms with Gasteiger partial charge in [-0.2, -0.15) is 0 Å². The van der Waals surface area contributed by atoms with Crippen molar-refractivity contribution in [3.63, 3.8) is 0 Å². The summed E-state index contributed by atoms with van der Waals surface area (Å²) in [6, 6.07) is 7.58. The Morgan fingerprint density at radius 1 is 1.42 bits per heavy atom. The molecule has 31 heavy (non-hydrogen) atoms. The van der Waals surface area contributed by atoms with E-state index in [1.165, 1.54) is 0 Å². The number of pyridine rings is 1. The number of nitrogens with zero attached hydrogens (tertiary/aromatic N) is 3. The van der Waals surface area contributed by atoms with Crippen LogP contribution >= 0.6 is 0 Å². The van der Waals surface area contributed by atoms with Gasteiger partial charge in [-0.3, -0.25) is 23.7 Å². The summed E-state index contributed by atoms with van der Waals surface area (Å²) in [5, 5.41) is 10.0. The van der Waals surface area contributed by atoms with Crippen LogP contribution in [0.5, 0.6) is 0 Å². The van der Waals surface area contributed by atoms with Gasteiger partial charge in [0, 0.05) is 51.0 Å². The lowest BCUT2D eigenvalue weighted by atomic mass is 9.78. The highest BCUT2D eigenvalue weighted by atomic mass is 16.5. The number of methoxy groups -OCH3 is 1. The average molecular weight is 431 g/mol. The van der Waals surface area contributed by atoms with Gasteiger partial charge in [-0.15, -0.1) is 0 Å². The first kappa shape index (κ1) is 22.9. The average Bonchev–Trinajstić information content (AvgIpc) is 3.12. The monoisotopic (exact) mass is 430 g/mol. The number of likely N-dealkylation sites (tertiary alicyclic amines) is 1. The lowest BCUT2D eigenvalue weighted by Crippen LogP contribution is -2.54. The minimum absolute atomic E-state index is 0.0606. The van der Waals surface area contributed by atoms with Crippen LogP contribution < -0.4 is 10.9 Å². The molecule has 1 amide bonds. The van der Waals surface area contributed by atoms with Gasteiger partial charge in [-0.25, -0.2) is 4.98 Å². The van der Waals surface area contributed by atoms with Crippen LogP contribution in [0, 0.1) is 0 Å². The van der Waals surface area contributed by atoms with Crippen molar-refractivity contribution in [1.82, 2.24) is 19.6 Å². The molecule has 3 atom stereocenters. The van der Waals surface area contributed by atoms with Crippen LogP contribution in [0.2, 0.25) is 0 Å². The molecule has 0 unspecified atom stereocenters. The van der Waals surface area contributed by atoms with Gasteiger partial charge in [0.25, 0.3) is 12.0 Å². The number of aromatic nitrogens is 2. The maximum atomic E-state index is 12.4. The summed E-state index contributed by atoms with van der Waals surface area (Å²) in [4.78, 5) is 39.7. The van der Waals surface area contributed by atoms with E-state index in [1.54, 1.807) is 23.8 Å². The molecule has 0 spiro atoms. The summed E-state index contributed by atoms with van der Waals surface area (Å²) >= 11 is 0. The fraction of sp³-hybridized carbons (Fsp3) is 0.545. The molecule has 3 heterocycles. The minimum atomic E-state index is -0.250. The molecule has 0 aromatic carbocycles. The van der Waals surface area contributed by atoms with Crippen LogP contribution in [-0.2, 0) is 20.9 Å². The Morgan fingerprint density at radius 3 is 2.90 bits per heavy atom. The third-order valence-electron chi connectivity index (χ3n) is 6.38. The van der Waals surface area contributed by atoms with Crippen molar-refractivity contribution in [2.24, 2.45) is 0 Å². The third-order valence-corrected chi connectivity index (χ3v) is 6.38. The third kappa shape index (κ3) is 4.94. The molecule has 2 aliphatic rings. The number of hydrogen-bond acceptors (Lipinski definition) is 6. The number of hydrogen-bond donors (Lipinski definition) is 2. The van der Waals surface area contributed by atoms with Gasteiger partial charge in [0.05, 0.1) is 11.3 Å². The second-order valence-electron chi connectivity index (χ2n) is 8.02. The van der Waals surface area contributed by atoms with Gasteiger partial charge < -0.3 is 15.2 Å². The molecule has 0 bridgehead atoms. The molecule has 1 aliphatic carbocycles. The summed E-state index contributed by atoms with van der Waals surface area (Å²) < 4.78 is 7.56. The Morgan fingerprint density at radius 2 is 2.19 bits per heavy atom. The molecule has 168 valence electrons. The maximum absolute atomic E-state index is 12.4. The molecule has 1 saturated heterocycles. The summed E-state index contributed by atoms with van der Waals surface area (Å²) in [5.74, 6) is 0.101. The van der Waals surface area contributed by atoms with Crippen molar-refractivity contribution in [3.8, 4) is 0 Å². The van der Waals surface area contributed by atoms with E-state index >= 15 is 0 Å². The van der Waals surface area contributed by atoms with Crippen LogP contribution in [0.15, 0.2) is 35.3 Å². The van der Waals surface area contributed by atoms with Gasteiger partial charge in [-0.05, 0) is 37.8 Å². The highest BCUT2D eigenvalue weighted by Crippen LogP contribution is 2.42. The molecule has 2 aromatic heterocycles. The van der Waals surface area contributed by atoms with Crippen LogP contribution in [0.1, 0.15) is 44.7 Å². The van der Waals surface area contributed by atoms with Crippen molar-refractivity contribution in [1.29, 1.82) is 0 Å². The molecule has 0 radical (unpaired) electrons. The van der Waals surface area contributed by atoms with E-state index in [2.05, 4.69) is 15.2 Å². The summed E-state index contributed by atoms with van der Waals surface area (Å²) in [5.41, 5.74) is 1.22. The SMILES string of the molecule is CCC(=O)N[C@@H]1CC[C@@]2(OC)CCN(Cc3cc(=O)n4ccccc4n3)[C@H]2C1.O=CO. The molecule has 1 aliphatic heterocycles. The van der Waals surface area contributed by atoms with Crippen LogP contribution in [0.4, 0.5) is 0 Å². The van der Waals surface area contributed by atoms with Crippen molar-refractivity contribution >= 4 is 18.0 Å². The van der Waals surface area contributed by atoms with Gasteiger partial charge >= 0.3 is 0 Å². The molecule has 2 fully saturated rings. The van der Waals surface area contributed by atoms with Crippen molar-refractivity contribution in [2.45, 2.75) is 63.3 Å². The molecule has 9 heteroatoms. The van der Waals surface area contributed by atoms with E-state index in [9.17, 15) is 9.59 Å². The molecule has 2 aromatic rings. The standard InChI is InChI=1S/C21H28N4O3.CH2O2/c1-3-19(26)23-15-7-8-21(28-2)9-11-24(17(21)12-15)14-16-13-20(27)25-10-5-4-6-18(25)22-16;2-1-3/h4-6,10,13,15,17H,3,7-9,11-12,14H2,1-2H3,(H,23,26);1H,(H,2,3)/t15-,17+,21-;/m1./s1. The number of amides is 1. The maximum Gasteiger partial charge on any atom is 0.290 e. The van der Waals surface area contributed by atoms with Crippen LogP contribution in [-0.4, -0.2) is 63.1 Å². The number of carbonyl (C=O) groups is 2. The van der Waals surface area contributed by atoms with E-state index in [0.717, 1.165) is 37.9 Å². The molecule has 2 N–H and O–H groups in total. The van der Waals surface area contributed by atoms with E-state index in [-0.39, 0.29) is 35.6 Å². The predicted octanol–water partition coefficient (Wildman–Crippen LogP) is 1.43.